The molecule has 1 saturated carbocycles. The lowest BCUT2D eigenvalue weighted by atomic mass is 10.0. The van der Waals surface area contributed by atoms with Gasteiger partial charge in [0, 0.05) is 17.3 Å². The molecule has 0 saturated heterocycles. The number of hydrogen-bond donors (Lipinski definition) is 2. The van der Waals surface area contributed by atoms with Crippen molar-refractivity contribution in [2.24, 2.45) is 11.7 Å². The monoisotopic (exact) mass is 180 g/mol. The summed E-state index contributed by atoms with van der Waals surface area (Å²) >= 11 is 0. The van der Waals surface area contributed by atoms with Crippen molar-refractivity contribution in [3.8, 4) is 0 Å². The zero-order valence-electron chi connectivity index (χ0n) is 7.33. The second-order valence-electron chi connectivity index (χ2n) is 3.64. The fourth-order valence-electron chi connectivity index (χ4n) is 1.52. The van der Waals surface area contributed by atoms with E-state index in [0.29, 0.717) is 17.2 Å². The molecule has 2 rings (SSSR count). The Morgan fingerprint density at radius 3 is 2.62 bits per heavy atom. The van der Waals surface area contributed by atoms with Crippen LogP contribution in [0.4, 0.5) is 10.1 Å². The summed E-state index contributed by atoms with van der Waals surface area (Å²) in [5.74, 6) is 0.192. The van der Waals surface area contributed by atoms with Gasteiger partial charge in [0.1, 0.15) is 5.82 Å². The van der Waals surface area contributed by atoms with Crippen molar-refractivity contribution >= 4 is 5.69 Å². The molecule has 0 radical (unpaired) electrons. The predicted octanol–water partition coefficient (Wildman–Crippen LogP) is 1.82. The van der Waals surface area contributed by atoms with Crippen LogP contribution in [0, 0.1) is 11.7 Å². The molecule has 3 heteroatoms. The van der Waals surface area contributed by atoms with Crippen LogP contribution in [0.3, 0.4) is 0 Å². The highest BCUT2D eigenvalue weighted by Gasteiger charge is 2.30. The molecule has 13 heavy (non-hydrogen) atoms. The SMILES string of the molecule is Nc1ccc(C(N)C2CC2)c(F)c1. The van der Waals surface area contributed by atoms with E-state index in [2.05, 4.69) is 0 Å². The third-order valence-corrected chi connectivity index (χ3v) is 2.51. The number of benzene rings is 1. The number of hydrogen-bond acceptors (Lipinski definition) is 2. The molecule has 0 bridgehead atoms. The molecule has 4 N–H and O–H groups in total. The standard InChI is InChI=1S/C10H13FN2/c11-9-5-7(12)3-4-8(9)10(13)6-1-2-6/h3-6,10H,1-2,12-13H2. The maximum atomic E-state index is 13.3. The van der Waals surface area contributed by atoms with Crippen LogP contribution in [0.1, 0.15) is 24.4 Å². The van der Waals surface area contributed by atoms with E-state index in [9.17, 15) is 4.39 Å². The van der Waals surface area contributed by atoms with Crippen molar-refractivity contribution in [1.82, 2.24) is 0 Å². The minimum absolute atomic E-state index is 0.152. The summed E-state index contributed by atoms with van der Waals surface area (Å²) in [5.41, 5.74) is 12.4. The summed E-state index contributed by atoms with van der Waals surface area (Å²) < 4.78 is 13.3. The third kappa shape index (κ3) is 1.65. The first-order valence-corrected chi connectivity index (χ1v) is 4.49. The molecule has 1 aromatic rings. The van der Waals surface area contributed by atoms with E-state index in [0.717, 1.165) is 12.8 Å². The van der Waals surface area contributed by atoms with Gasteiger partial charge in [0.2, 0.25) is 0 Å². The molecule has 1 unspecified atom stereocenters. The second-order valence-corrected chi connectivity index (χ2v) is 3.64. The molecule has 1 atom stereocenters. The van der Waals surface area contributed by atoms with Crippen LogP contribution in [0.2, 0.25) is 0 Å². The Morgan fingerprint density at radius 2 is 2.08 bits per heavy atom. The Labute approximate surface area is 76.7 Å². The Morgan fingerprint density at radius 1 is 1.38 bits per heavy atom. The zero-order chi connectivity index (χ0) is 9.42. The average Bonchev–Trinajstić information content (AvgIpc) is 2.85. The van der Waals surface area contributed by atoms with Gasteiger partial charge < -0.3 is 11.5 Å². The van der Waals surface area contributed by atoms with Crippen LogP contribution in [-0.2, 0) is 0 Å². The van der Waals surface area contributed by atoms with E-state index in [4.69, 9.17) is 11.5 Å². The molecule has 1 fully saturated rings. The van der Waals surface area contributed by atoms with Gasteiger partial charge in [0.15, 0.2) is 0 Å². The Bertz CT molecular complexity index is 321. The quantitative estimate of drug-likeness (QED) is 0.682. The number of halogens is 1. The van der Waals surface area contributed by atoms with E-state index >= 15 is 0 Å². The molecule has 0 aliphatic heterocycles. The first kappa shape index (κ1) is 8.51. The Kier molecular flexibility index (Phi) is 1.96. The topological polar surface area (TPSA) is 52.0 Å². The van der Waals surface area contributed by atoms with E-state index in [1.165, 1.54) is 6.07 Å². The normalized spacial score (nSPS) is 18.6. The fourth-order valence-corrected chi connectivity index (χ4v) is 1.52. The van der Waals surface area contributed by atoms with Crippen molar-refractivity contribution in [3.05, 3.63) is 29.6 Å². The molecule has 0 spiro atoms. The number of nitrogen functional groups attached to an aromatic ring is 1. The summed E-state index contributed by atoms with van der Waals surface area (Å²) in [4.78, 5) is 0. The Balaban J connectivity index is 2.28. The minimum Gasteiger partial charge on any atom is -0.399 e. The summed E-state index contributed by atoms with van der Waals surface area (Å²) in [6, 6.07) is 4.56. The van der Waals surface area contributed by atoms with Crippen LogP contribution in [0.5, 0.6) is 0 Å². The van der Waals surface area contributed by atoms with E-state index in [1.54, 1.807) is 12.1 Å². The first-order valence-electron chi connectivity index (χ1n) is 4.49. The van der Waals surface area contributed by atoms with Gasteiger partial charge in [-0.2, -0.15) is 0 Å². The molecular weight excluding hydrogens is 167 g/mol. The molecule has 0 aromatic heterocycles. The van der Waals surface area contributed by atoms with Gasteiger partial charge in [0.05, 0.1) is 0 Å². The molecular formula is C10H13FN2. The van der Waals surface area contributed by atoms with Crippen molar-refractivity contribution in [2.45, 2.75) is 18.9 Å². The van der Waals surface area contributed by atoms with Crippen LogP contribution in [0.25, 0.3) is 0 Å². The molecule has 2 nitrogen and oxygen atoms in total. The molecule has 1 aliphatic rings. The van der Waals surface area contributed by atoms with E-state index in [1.807, 2.05) is 0 Å². The zero-order valence-corrected chi connectivity index (χ0v) is 7.33. The van der Waals surface area contributed by atoms with Gasteiger partial charge in [-0.05, 0) is 30.9 Å². The minimum atomic E-state index is -0.278. The maximum Gasteiger partial charge on any atom is 0.130 e. The molecule has 1 aromatic carbocycles. The Hall–Kier alpha value is -1.09. The molecule has 1 aliphatic carbocycles. The van der Waals surface area contributed by atoms with Crippen LogP contribution < -0.4 is 11.5 Å². The number of anilines is 1. The second kappa shape index (κ2) is 3.00. The largest absolute Gasteiger partial charge is 0.399 e. The highest BCUT2D eigenvalue weighted by molar-refractivity contribution is 5.41. The van der Waals surface area contributed by atoms with Crippen LogP contribution in [0.15, 0.2) is 18.2 Å². The summed E-state index contributed by atoms with van der Waals surface area (Å²) in [6.45, 7) is 0. The maximum absolute atomic E-state index is 13.3. The van der Waals surface area contributed by atoms with Crippen LogP contribution >= 0.6 is 0 Å². The highest BCUT2D eigenvalue weighted by atomic mass is 19.1. The van der Waals surface area contributed by atoms with Crippen molar-refractivity contribution in [1.29, 1.82) is 0 Å². The lowest BCUT2D eigenvalue weighted by molar-refractivity contribution is 0.554. The molecule has 0 heterocycles. The summed E-state index contributed by atoms with van der Waals surface area (Å²) in [7, 11) is 0. The number of nitrogens with two attached hydrogens (primary N) is 2. The smallest absolute Gasteiger partial charge is 0.130 e. The van der Waals surface area contributed by atoms with Gasteiger partial charge in [-0.1, -0.05) is 6.07 Å². The third-order valence-electron chi connectivity index (χ3n) is 2.51. The van der Waals surface area contributed by atoms with Gasteiger partial charge >= 0.3 is 0 Å². The predicted molar refractivity (Wildman–Crippen MR) is 50.5 cm³/mol. The van der Waals surface area contributed by atoms with Crippen molar-refractivity contribution < 1.29 is 4.39 Å². The van der Waals surface area contributed by atoms with Crippen molar-refractivity contribution in [3.63, 3.8) is 0 Å². The van der Waals surface area contributed by atoms with E-state index < -0.39 is 0 Å². The lowest BCUT2D eigenvalue weighted by Crippen LogP contribution is -2.14. The summed E-state index contributed by atoms with van der Waals surface area (Å²) in [6.07, 6.45) is 2.23. The van der Waals surface area contributed by atoms with Gasteiger partial charge in [-0.25, -0.2) is 4.39 Å². The fraction of sp³-hybridized carbons (Fsp3) is 0.400. The van der Waals surface area contributed by atoms with Gasteiger partial charge in [-0.15, -0.1) is 0 Å². The average molecular weight is 180 g/mol. The molecule has 0 amide bonds. The lowest BCUT2D eigenvalue weighted by Gasteiger charge is -2.11. The first-order chi connectivity index (χ1) is 6.18. The van der Waals surface area contributed by atoms with Crippen LogP contribution in [-0.4, -0.2) is 0 Å². The van der Waals surface area contributed by atoms with Crippen molar-refractivity contribution in [2.75, 3.05) is 5.73 Å². The van der Waals surface area contributed by atoms with E-state index in [-0.39, 0.29) is 11.9 Å². The van der Waals surface area contributed by atoms with Gasteiger partial charge in [-0.3, -0.25) is 0 Å². The summed E-state index contributed by atoms with van der Waals surface area (Å²) in [5, 5.41) is 0. The molecule has 70 valence electrons. The van der Waals surface area contributed by atoms with Gasteiger partial charge in [0.25, 0.3) is 0 Å². The number of rotatable bonds is 2. The highest BCUT2D eigenvalue weighted by Crippen LogP contribution is 2.40.